The normalized spacial score (nSPS) is 12.0. The van der Waals surface area contributed by atoms with Crippen molar-refractivity contribution < 1.29 is 9.53 Å². The van der Waals surface area contributed by atoms with Gasteiger partial charge in [0.2, 0.25) is 0 Å². The Balaban J connectivity index is 2.37. The quantitative estimate of drug-likeness (QED) is 0.840. The van der Waals surface area contributed by atoms with E-state index in [1.165, 1.54) is 7.11 Å². The van der Waals surface area contributed by atoms with Crippen LogP contribution in [0.1, 0.15) is 28.6 Å². The van der Waals surface area contributed by atoms with E-state index in [4.69, 9.17) is 4.74 Å². The number of aryl methyl sites for hydroxylation is 3. The number of rotatable bonds is 4. The van der Waals surface area contributed by atoms with Crippen molar-refractivity contribution in [1.82, 2.24) is 10.2 Å². The van der Waals surface area contributed by atoms with Gasteiger partial charge in [0.15, 0.2) is 6.04 Å². The highest BCUT2D eigenvalue weighted by atomic mass is 16.5. The second-order valence-corrected chi connectivity index (χ2v) is 4.82. The number of hydrogen-bond donors (Lipinski definition) is 2. The third-order valence-electron chi connectivity index (χ3n) is 3.24. The first-order valence-corrected chi connectivity index (χ1v) is 6.45. The van der Waals surface area contributed by atoms with E-state index >= 15 is 0 Å². The van der Waals surface area contributed by atoms with Crippen molar-refractivity contribution in [2.75, 3.05) is 12.4 Å². The molecule has 0 aliphatic rings. The number of H-pyrrole nitrogens is 1. The van der Waals surface area contributed by atoms with Crippen molar-refractivity contribution in [3.05, 3.63) is 46.8 Å². The average molecular weight is 273 g/mol. The van der Waals surface area contributed by atoms with Crippen LogP contribution in [0.3, 0.4) is 0 Å². The summed E-state index contributed by atoms with van der Waals surface area (Å²) in [5.41, 5.74) is 4.48. The van der Waals surface area contributed by atoms with Crippen LogP contribution < -0.4 is 5.32 Å². The van der Waals surface area contributed by atoms with Crippen LogP contribution in [-0.2, 0) is 9.53 Å². The molecule has 0 amide bonds. The lowest BCUT2D eigenvalue weighted by atomic mass is 10.0. The summed E-state index contributed by atoms with van der Waals surface area (Å²) in [4.78, 5) is 12.1. The number of nitrogens with one attached hydrogen (secondary N) is 2. The summed E-state index contributed by atoms with van der Waals surface area (Å²) < 4.78 is 4.91. The molecule has 0 aliphatic heterocycles. The third kappa shape index (κ3) is 2.82. The van der Waals surface area contributed by atoms with Crippen molar-refractivity contribution in [2.45, 2.75) is 26.8 Å². The highest BCUT2D eigenvalue weighted by molar-refractivity contribution is 5.81. The molecular formula is C15H19N3O2. The van der Waals surface area contributed by atoms with Crippen LogP contribution in [0.5, 0.6) is 0 Å². The second-order valence-electron chi connectivity index (χ2n) is 4.82. The SMILES string of the molecule is COC(=O)C(Nc1cccc(C)c1)c1c(C)n[nH]c1C. The first-order chi connectivity index (χ1) is 9.52. The van der Waals surface area contributed by atoms with Gasteiger partial charge >= 0.3 is 5.97 Å². The van der Waals surface area contributed by atoms with E-state index in [1.807, 2.05) is 45.0 Å². The van der Waals surface area contributed by atoms with Gasteiger partial charge in [-0.25, -0.2) is 4.79 Å². The van der Waals surface area contributed by atoms with Gasteiger partial charge in [0.25, 0.3) is 0 Å². The summed E-state index contributed by atoms with van der Waals surface area (Å²) in [6, 6.07) is 7.29. The molecule has 5 heteroatoms. The number of esters is 1. The van der Waals surface area contributed by atoms with E-state index in [2.05, 4.69) is 15.5 Å². The summed E-state index contributed by atoms with van der Waals surface area (Å²) in [5.74, 6) is -0.334. The Labute approximate surface area is 118 Å². The molecule has 1 heterocycles. The maximum Gasteiger partial charge on any atom is 0.333 e. The zero-order valence-electron chi connectivity index (χ0n) is 12.2. The molecule has 5 nitrogen and oxygen atoms in total. The fourth-order valence-corrected chi connectivity index (χ4v) is 2.25. The number of aromatic amines is 1. The van der Waals surface area contributed by atoms with E-state index < -0.39 is 6.04 Å². The number of methoxy groups -OCH3 is 1. The molecule has 0 saturated heterocycles. The van der Waals surface area contributed by atoms with Gasteiger partial charge in [0, 0.05) is 16.9 Å². The lowest BCUT2D eigenvalue weighted by molar-refractivity contribution is -0.141. The minimum Gasteiger partial charge on any atom is -0.467 e. The van der Waals surface area contributed by atoms with Crippen LogP contribution in [-0.4, -0.2) is 23.3 Å². The molecule has 0 saturated carbocycles. The highest BCUT2D eigenvalue weighted by Crippen LogP contribution is 2.25. The minimum atomic E-state index is -0.569. The van der Waals surface area contributed by atoms with Crippen molar-refractivity contribution in [3.63, 3.8) is 0 Å². The lowest BCUT2D eigenvalue weighted by Crippen LogP contribution is -2.23. The van der Waals surface area contributed by atoms with Gasteiger partial charge in [-0.05, 0) is 38.5 Å². The topological polar surface area (TPSA) is 67.0 Å². The number of hydrogen-bond acceptors (Lipinski definition) is 4. The average Bonchev–Trinajstić information content (AvgIpc) is 2.75. The second kappa shape index (κ2) is 5.77. The molecule has 1 aromatic heterocycles. The van der Waals surface area contributed by atoms with Gasteiger partial charge in [-0.15, -0.1) is 0 Å². The molecule has 2 aromatic rings. The molecule has 20 heavy (non-hydrogen) atoms. The van der Waals surface area contributed by atoms with Crippen LogP contribution >= 0.6 is 0 Å². The Bertz CT molecular complexity index is 600. The summed E-state index contributed by atoms with van der Waals surface area (Å²) >= 11 is 0. The lowest BCUT2D eigenvalue weighted by Gasteiger charge is -2.18. The number of anilines is 1. The van der Waals surface area contributed by atoms with E-state index in [0.29, 0.717) is 0 Å². The molecule has 1 unspecified atom stereocenters. The van der Waals surface area contributed by atoms with Crippen molar-refractivity contribution >= 4 is 11.7 Å². The molecule has 2 rings (SSSR count). The molecule has 106 valence electrons. The Morgan fingerprint density at radius 1 is 1.35 bits per heavy atom. The maximum atomic E-state index is 12.1. The van der Waals surface area contributed by atoms with Gasteiger partial charge < -0.3 is 10.1 Å². The molecule has 1 aromatic carbocycles. The monoisotopic (exact) mass is 273 g/mol. The minimum absolute atomic E-state index is 0.334. The maximum absolute atomic E-state index is 12.1. The highest BCUT2D eigenvalue weighted by Gasteiger charge is 2.26. The van der Waals surface area contributed by atoms with Crippen LogP contribution in [0.2, 0.25) is 0 Å². The Morgan fingerprint density at radius 2 is 2.10 bits per heavy atom. The molecule has 0 bridgehead atoms. The van der Waals surface area contributed by atoms with Crippen molar-refractivity contribution in [2.24, 2.45) is 0 Å². The van der Waals surface area contributed by atoms with Crippen LogP contribution in [0, 0.1) is 20.8 Å². The number of aromatic nitrogens is 2. The number of carbonyl (C=O) groups excluding carboxylic acids is 1. The molecule has 0 spiro atoms. The molecule has 1 atom stereocenters. The molecule has 0 aliphatic carbocycles. The summed E-state index contributed by atoms with van der Waals surface area (Å²) in [6.45, 7) is 5.77. The van der Waals surface area contributed by atoms with E-state index in [-0.39, 0.29) is 5.97 Å². The molecular weight excluding hydrogens is 254 g/mol. The Hall–Kier alpha value is -2.30. The number of benzene rings is 1. The fraction of sp³-hybridized carbons (Fsp3) is 0.333. The van der Waals surface area contributed by atoms with Crippen LogP contribution in [0.25, 0.3) is 0 Å². The number of nitrogens with zero attached hydrogens (tertiary/aromatic N) is 1. The van der Waals surface area contributed by atoms with Crippen molar-refractivity contribution in [3.8, 4) is 0 Å². The third-order valence-corrected chi connectivity index (χ3v) is 3.24. The summed E-state index contributed by atoms with van der Waals surface area (Å²) in [7, 11) is 1.39. The smallest absolute Gasteiger partial charge is 0.333 e. The predicted octanol–water partition coefficient (Wildman–Crippen LogP) is 2.66. The first kappa shape index (κ1) is 14.1. The number of ether oxygens (including phenoxy) is 1. The van der Waals surface area contributed by atoms with E-state index in [9.17, 15) is 4.79 Å². The Kier molecular flexibility index (Phi) is 4.08. The number of carbonyl (C=O) groups is 1. The Morgan fingerprint density at radius 3 is 2.65 bits per heavy atom. The summed E-state index contributed by atoms with van der Waals surface area (Å²) in [6.07, 6.45) is 0. The van der Waals surface area contributed by atoms with Gasteiger partial charge in [0.05, 0.1) is 12.8 Å². The molecule has 0 radical (unpaired) electrons. The zero-order valence-corrected chi connectivity index (χ0v) is 12.2. The standard InChI is InChI=1S/C15H19N3O2/c1-9-6-5-7-12(8-9)16-14(15(19)20-4)13-10(2)17-18-11(13)3/h5-8,14,16H,1-4H3,(H,17,18). The summed E-state index contributed by atoms with van der Waals surface area (Å²) in [5, 5.41) is 10.3. The van der Waals surface area contributed by atoms with Crippen LogP contribution in [0.15, 0.2) is 24.3 Å². The van der Waals surface area contributed by atoms with E-state index in [1.54, 1.807) is 0 Å². The predicted molar refractivity (Wildman–Crippen MR) is 77.6 cm³/mol. The first-order valence-electron chi connectivity index (χ1n) is 6.45. The molecule has 0 fully saturated rings. The van der Waals surface area contributed by atoms with Crippen LogP contribution in [0.4, 0.5) is 5.69 Å². The van der Waals surface area contributed by atoms with Crippen molar-refractivity contribution in [1.29, 1.82) is 0 Å². The van der Waals surface area contributed by atoms with Gasteiger partial charge in [-0.2, -0.15) is 5.10 Å². The van der Waals surface area contributed by atoms with E-state index in [0.717, 1.165) is 28.2 Å². The van der Waals surface area contributed by atoms with Gasteiger partial charge in [-0.3, -0.25) is 5.10 Å². The zero-order chi connectivity index (χ0) is 14.7. The van der Waals surface area contributed by atoms with Gasteiger partial charge in [0.1, 0.15) is 0 Å². The van der Waals surface area contributed by atoms with Gasteiger partial charge in [-0.1, -0.05) is 12.1 Å². The largest absolute Gasteiger partial charge is 0.467 e. The molecule has 2 N–H and O–H groups in total. The fourth-order valence-electron chi connectivity index (χ4n) is 2.25.